The van der Waals surface area contributed by atoms with E-state index in [2.05, 4.69) is 84.9 Å². The molecule has 0 spiro atoms. The number of halogens is 1. The van der Waals surface area contributed by atoms with Crippen molar-refractivity contribution in [3.8, 4) is 0 Å². The average Bonchev–Trinajstić information content (AvgIpc) is 2.37. The molecule has 106 valence electrons. The number of nitrogens with two attached hydrogens (primary N) is 1. The van der Waals surface area contributed by atoms with Gasteiger partial charge in [-0.05, 0) is 72.9 Å². The number of nitrogens with zero attached hydrogens (tertiary/aromatic N) is 1. The molecule has 0 amide bonds. The largest absolute Gasteiger partial charge is 0.398 e. The lowest BCUT2D eigenvalue weighted by atomic mass is 10.2. The van der Waals surface area contributed by atoms with Crippen LogP contribution in [0.25, 0.3) is 0 Å². The summed E-state index contributed by atoms with van der Waals surface area (Å²) in [5, 5.41) is 0. The zero-order chi connectivity index (χ0) is 14.7. The summed E-state index contributed by atoms with van der Waals surface area (Å²) >= 11 is 4.11. The van der Waals surface area contributed by atoms with Crippen LogP contribution in [0.1, 0.15) is 11.1 Å². The minimum atomic E-state index is 0.854. The number of hydrogen-bond acceptors (Lipinski definition) is 3. The van der Waals surface area contributed by atoms with Crippen molar-refractivity contribution in [3.05, 3.63) is 51.1 Å². The Morgan fingerprint density at radius 2 is 1.85 bits per heavy atom. The second-order valence-electron chi connectivity index (χ2n) is 5.09. The highest BCUT2D eigenvalue weighted by molar-refractivity contribution is 14.1. The molecule has 20 heavy (non-hydrogen) atoms. The molecule has 0 aliphatic heterocycles. The smallest absolute Gasteiger partial charge is 0.0459 e. The van der Waals surface area contributed by atoms with Crippen LogP contribution in [0.5, 0.6) is 0 Å². The molecule has 0 fully saturated rings. The fourth-order valence-electron chi connectivity index (χ4n) is 1.97. The van der Waals surface area contributed by atoms with Gasteiger partial charge in [0.05, 0.1) is 0 Å². The number of benzene rings is 2. The Morgan fingerprint density at radius 3 is 2.55 bits per heavy atom. The molecule has 0 unspecified atom stereocenters. The maximum Gasteiger partial charge on any atom is 0.0459 e. The first-order valence-electron chi connectivity index (χ1n) is 6.43. The van der Waals surface area contributed by atoms with Crippen LogP contribution < -0.4 is 5.73 Å². The maximum atomic E-state index is 6.15. The highest BCUT2D eigenvalue weighted by atomic mass is 127. The maximum absolute atomic E-state index is 6.15. The molecule has 0 aliphatic carbocycles. The summed E-state index contributed by atoms with van der Waals surface area (Å²) in [5.41, 5.74) is 9.57. The first-order chi connectivity index (χ1) is 9.47. The summed E-state index contributed by atoms with van der Waals surface area (Å²) in [5.74, 6) is 0. The van der Waals surface area contributed by atoms with Crippen LogP contribution in [0.4, 0.5) is 5.69 Å². The van der Waals surface area contributed by atoms with Crippen molar-refractivity contribution in [3.63, 3.8) is 0 Å². The standard InChI is InChI=1S/C16H19IN2S/c1-11-8-14(18)16(9-13(11)17)20-15-7-5-4-6-12(15)10-19(2)3/h4-9H,10,18H2,1-3H3. The molecule has 2 rings (SSSR count). The van der Waals surface area contributed by atoms with Gasteiger partial charge in [0.25, 0.3) is 0 Å². The molecule has 0 atom stereocenters. The molecule has 0 aromatic heterocycles. The van der Waals surface area contributed by atoms with E-state index < -0.39 is 0 Å². The number of anilines is 1. The summed E-state index contributed by atoms with van der Waals surface area (Å²) in [4.78, 5) is 4.58. The third-order valence-electron chi connectivity index (χ3n) is 2.97. The quantitative estimate of drug-likeness (QED) is 0.612. The van der Waals surface area contributed by atoms with Crippen molar-refractivity contribution >= 4 is 40.0 Å². The minimum absolute atomic E-state index is 0.854. The lowest BCUT2D eigenvalue weighted by Gasteiger charge is -2.15. The van der Waals surface area contributed by atoms with Gasteiger partial charge in [-0.15, -0.1) is 0 Å². The molecule has 0 saturated heterocycles. The SMILES string of the molecule is Cc1cc(N)c(Sc2ccccc2CN(C)C)cc1I. The van der Waals surface area contributed by atoms with Crippen LogP contribution in [0, 0.1) is 10.5 Å². The third kappa shape index (κ3) is 3.90. The summed E-state index contributed by atoms with van der Waals surface area (Å²) < 4.78 is 1.25. The number of aryl methyl sites for hydroxylation is 1. The van der Waals surface area contributed by atoms with Crippen molar-refractivity contribution in [1.82, 2.24) is 4.90 Å². The van der Waals surface area contributed by atoms with Crippen molar-refractivity contribution in [1.29, 1.82) is 0 Å². The number of nitrogen functional groups attached to an aromatic ring is 1. The van der Waals surface area contributed by atoms with Crippen LogP contribution in [0.3, 0.4) is 0 Å². The molecular weight excluding hydrogens is 379 g/mol. The zero-order valence-corrected chi connectivity index (χ0v) is 15.0. The van der Waals surface area contributed by atoms with Crippen molar-refractivity contribution < 1.29 is 0 Å². The predicted octanol–water partition coefficient (Wildman–Crippen LogP) is 4.39. The van der Waals surface area contributed by atoms with E-state index in [0.717, 1.165) is 17.1 Å². The van der Waals surface area contributed by atoms with E-state index in [-0.39, 0.29) is 0 Å². The van der Waals surface area contributed by atoms with Gasteiger partial charge in [0.15, 0.2) is 0 Å². The van der Waals surface area contributed by atoms with Crippen LogP contribution in [0.15, 0.2) is 46.2 Å². The van der Waals surface area contributed by atoms with Gasteiger partial charge in [0.1, 0.15) is 0 Å². The van der Waals surface area contributed by atoms with Crippen LogP contribution in [-0.4, -0.2) is 19.0 Å². The van der Waals surface area contributed by atoms with E-state index in [1.165, 1.54) is 19.6 Å². The summed E-state index contributed by atoms with van der Waals surface area (Å²) in [7, 11) is 4.18. The minimum Gasteiger partial charge on any atom is -0.398 e. The molecule has 0 saturated carbocycles. The number of hydrogen-bond donors (Lipinski definition) is 1. The fourth-order valence-corrected chi connectivity index (χ4v) is 3.65. The molecule has 0 aliphatic rings. The Morgan fingerprint density at radius 1 is 1.15 bits per heavy atom. The van der Waals surface area contributed by atoms with Crippen molar-refractivity contribution in [2.45, 2.75) is 23.3 Å². The van der Waals surface area contributed by atoms with Gasteiger partial charge in [-0.2, -0.15) is 0 Å². The molecule has 0 bridgehead atoms. The van der Waals surface area contributed by atoms with Gasteiger partial charge in [0, 0.05) is 25.6 Å². The summed E-state index contributed by atoms with van der Waals surface area (Å²) in [6.45, 7) is 3.03. The van der Waals surface area contributed by atoms with Crippen LogP contribution in [0.2, 0.25) is 0 Å². The predicted molar refractivity (Wildman–Crippen MR) is 96.3 cm³/mol. The van der Waals surface area contributed by atoms with Gasteiger partial charge in [0.2, 0.25) is 0 Å². The molecule has 2 aromatic rings. The topological polar surface area (TPSA) is 29.3 Å². The third-order valence-corrected chi connectivity index (χ3v) is 5.32. The van der Waals surface area contributed by atoms with Crippen molar-refractivity contribution in [2.75, 3.05) is 19.8 Å². The monoisotopic (exact) mass is 398 g/mol. The van der Waals surface area contributed by atoms with E-state index in [1.54, 1.807) is 11.8 Å². The summed E-state index contributed by atoms with van der Waals surface area (Å²) in [6, 6.07) is 12.7. The normalized spacial score (nSPS) is 11.1. The summed E-state index contributed by atoms with van der Waals surface area (Å²) in [6.07, 6.45) is 0. The van der Waals surface area contributed by atoms with E-state index in [9.17, 15) is 0 Å². The van der Waals surface area contributed by atoms with E-state index in [4.69, 9.17) is 5.73 Å². The highest BCUT2D eigenvalue weighted by Crippen LogP contribution is 2.36. The van der Waals surface area contributed by atoms with Gasteiger partial charge in [-0.25, -0.2) is 0 Å². The van der Waals surface area contributed by atoms with E-state index >= 15 is 0 Å². The zero-order valence-electron chi connectivity index (χ0n) is 12.0. The van der Waals surface area contributed by atoms with Crippen molar-refractivity contribution in [2.24, 2.45) is 0 Å². The van der Waals surface area contributed by atoms with Gasteiger partial charge < -0.3 is 10.6 Å². The lowest BCUT2D eigenvalue weighted by molar-refractivity contribution is 0.399. The van der Waals surface area contributed by atoms with Gasteiger partial charge >= 0.3 is 0 Å². The Labute approximate surface area is 138 Å². The lowest BCUT2D eigenvalue weighted by Crippen LogP contribution is -2.11. The molecule has 4 heteroatoms. The highest BCUT2D eigenvalue weighted by Gasteiger charge is 2.09. The Kier molecular flexibility index (Phi) is 5.35. The Hall–Kier alpha value is -0.720. The molecule has 0 heterocycles. The van der Waals surface area contributed by atoms with Crippen LogP contribution >= 0.6 is 34.4 Å². The number of rotatable bonds is 4. The van der Waals surface area contributed by atoms with E-state index in [1.807, 2.05) is 0 Å². The molecular formula is C16H19IN2S. The first-order valence-corrected chi connectivity index (χ1v) is 8.33. The van der Waals surface area contributed by atoms with Crippen LogP contribution in [-0.2, 0) is 6.54 Å². The second kappa shape index (κ2) is 6.83. The molecule has 2 N–H and O–H groups in total. The van der Waals surface area contributed by atoms with E-state index in [0.29, 0.717) is 0 Å². The molecule has 0 radical (unpaired) electrons. The Bertz CT molecular complexity index is 611. The molecule has 2 aromatic carbocycles. The fraction of sp³-hybridized carbons (Fsp3) is 0.250. The second-order valence-corrected chi connectivity index (χ2v) is 7.33. The first kappa shape index (κ1) is 15.7. The molecule has 2 nitrogen and oxygen atoms in total. The Balaban J connectivity index is 2.33. The average molecular weight is 398 g/mol. The van der Waals surface area contributed by atoms with Gasteiger partial charge in [-0.3, -0.25) is 0 Å². The van der Waals surface area contributed by atoms with Gasteiger partial charge in [-0.1, -0.05) is 30.0 Å².